The van der Waals surface area contributed by atoms with Crippen molar-refractivity contribution >= 4 is 11.8 Å². The number of rotatable bonds is 7. The molecule has 6 nitrogen and oxygen atoms in total. The van der Waals surface area contributed by atoms with Crippen molar-refractivity contribution in [3.63, 3.8) is 0 Å². The molecule has 0 unspecified atom stereocenters. The number of nitrogens with zero attached hydrogens (tertiary/aromatic N) is 2. The minimum Gasteiger partial charge on any atom is -0.483 e. The molecule has 0 spiro atoms. The van der Waals surface area contributed by atoms with Gasteiger partial charge in [-0.25, -0.2) is 0 Å². The summed E-state index contributed by atoms with van der Waals surface area (Å²) in [6.07, 6.45) is 2.05. The molecule has 1 saturated heterocycles. The molecule has 1 fully saturated rings. The lowest BCUT2D eigenvalue weighted by atomic mass is 10.1. The standard InChI is InChI=1S/C19H28N2O4/c1-3-16-7-4-5-8-17(16)25-15-19(23)21-11-6-10-20(12-13-21)18(22)9-14-24-2/h4-5,7-8H,3,6,9-15H2,1-2H3. The quantitative estimate of drug-likeness (QED) is 0.753. The Morgan fingerprint density at radius 1 is 1.04 bits per heavy atom. The molecular weight excluding hydrogens is 320 g/mol. The molecule has 1 aliphatic rings. The van der Waals surface area contributed by atoms with E-state index in [-0.39, 0.29) is 18.4 Å². The monoisotopic (exact) mass is 348 g/mol. The van der Waals surface area contributed by atoms with Gasteiger partial charge in [0.25, 0.3) is 5.91 Å². The van der Waals surface area contributed by atoms with E-state index in [1.807, 2.05) is 29.2 Å². The second-order valence-electron chi connectivity index (χ2n) is 6.11. The van der Waals surface area contributed by atoms with E-state index in [2.05, 4.69) is 6.92 Å². The molecule has 0 aliphatic carbocycles. The molecule has 0 N–H and O–H groups in total. The highest BCUT2D eigenvalue weighted by Crippen LogP contribution is 2.18. The zero-order valence-electron chi connectivity index (χ0n) is 15.2. The van der Waals surface area contributed by atoms with Crippen LogP contribution in [-0.2, 0) is 20.7 Å². The van der Waals surface area contributed by atoms with Gasteiger partial charge in [-0.05, 0) is 24.5 Å². The van der Waals surface area contributed by atoms with Gasteiger partial charge in [0.15, 0.2) is 6.61 Å². The molecule has 1 aliphatic heterocycles. The molecule has 25 heavy (non-hydrogen) atoms. The molecule has 2 rings (SSSR count). The molecule has 6 heteroatoms. The summed E-state index contributed by atoms with van der Waals surface area (Å²) in [4.78, 5) is 28.1. The molecule has 0 radical (unpaired) electrons. The Balaban J connectivity index is 1.83. The predicted octanol–water partition coefficient (Wildman–Crippen LogP) is 1.73. The fourth-order valence-electron chi connectivity index (χ4n) is 2.93. The lowest BCUT2D eigenvalue weighted by Crippen LogP contribution is -2.39. The third-order valence-electron chi connectivity index (χ3n) is 4.43. The maximum atomic E-state index is 12.4. The van der Waals surface area contributed by atoms with Crippen LogP contribution >= 0.6 is 0 Å². The van der Waals surface area contributed by atoms with Crippen LogP contribution in [0.25, 0.3) is 0 Å². The van der Waals surface area contributed by atoms with Gasteiger partial charge in [0.2, 0.25) is 5.91 Å². The fraction of sp³-hybridized carbons (Fsp3) is 0.579. The SMILES string of the molecule is CCc1ccccc1OCC(=O)N1CCCN(C(=O)CCOC)CC1. The molecule has 0 aromatic heterocycles. The van der Waals surface area contributed by atoms with Crippen molar-refractivity contribution < 1.29 is 19.1 Å². The topological polar surface area (TPSA) is 59.1 Å². The maximum absolute atomic E-state index is 12.4. The minimum atomic E-state index is -0.0305. The molecule has 0 bridgehead atoms. The van der Waals surface area contributed by atoms with Crippen molar-refractivity contribution in [2.24, 2.45) is 0 Å². The first-order valence-corrected chi connectivity index (χ1v) is 8.91. The van der Waals surface area contributed by atoms with Gasteiger partial charge in [-0.1, -0.05) is 25.1 Å². The molecule has 0 saturated carbocycles. The number of methoxy groups -OCH3 is 1. The number of para-hydroxylation sites is 1. The highest BCUT2D eigenvalue weighted by atomic mass is 16.5. The third-order valence-corrected chi connectivity index (χ3v) is 4.43. The normalized spacial score (nSPS) is 15.0. The fourth-order valence-corrected chi connectivity index (χ4v) is 2.93. The second-order valence-corrected chi connectivity index (χ2v) is 6.11. The number of carbonyl (C=O) groups excluding carboxylic acids is 2. The van der Waals surface area contributed by atoms with Gasteiger partial charge >= 0.3 is 0 Å². The van der Waals surface area contributed by atoms with E-state index in [0.29, 0.717) is 39.2 Å². The van der Waals surface area contributed by atoms with E-state index in [1.54, 1.807) is 12.0 Å². The van der Waals surface area contributed by atoms with Crippen LogP contribution in [0.5, 0.6) is 5.75 Å². The zero-order valence-corrected chi connectivity index (χ0v) is 15.2. The second kappa shape index (κ2) is 10.0. The van der Waals surface area contributed by atoms with Crippen LogP contribution in [0.4, 0.5) is 0 Å². The molecule has 0 atom stereocenters. The van der Waals surface area contributed by atoms with E-state index in [4.69, 9.17) is 9.47 Å². The third kappa shape index (κ3) is 5.74. The summed E-state index contributed by atoms with van der Waals surface area (Å²) in [6.45, 7) is 5.00. The van der Waals surface area contributed by atoms with Gasteiger partial charge in [-0.15, -0.1) is 0 Å². The first-order chi connectivity index (χ1) is 12.2. The number of aryl methyl sites for hydroxylation is 1. The van der Waals surface area contributed by atoms with E-state index in [9.17, 15) is 9.59 Å². The molecular formula is C19H28N2O4. The van der Waals surface area contributed by atoms with Crippen LogP contribution in [0.3, 0.4) is 0 Å². The van der Waals surface area contributed by atoms with E-state index in [0.717, 1.165) is 24.2 Å². The van der Waals surface area contributed by atoms with Crippen LogP contribution in [0.15, 0.2) is 24.3 Å². The van der Waals surface area contributed by atoms with E-state index in [1.165, 1.54) is 0 Å². The number of hydrogen-bond acceptors (Lipinski definition) is 4. The van der Waals surface area contributed by atoms with Crippen LogP contribution in [0, 0.1) is 0 Å². The molecule has 1 aromatic carbocycles. The van der Waals surface area contributed by atoms with Crippen molar-refractivity contribution in [2.75, 3.05) is 46.5 Å². The van der Waals surface area contributed by atoms with Gasteiger partial charge in [-0.3, -0.25) is 9.59 Å². The first kappa shape index (κ1) is 19.2. The number of hydrogen-bond donors (Lipinski definition) is 0. The minimum absolute atomic E-state index is 0.0305. The van der Waals surface area contributed by atoms with Crippen molar-refractivity contribution in [1.29, 1.82) is 0 Å². The summed E-state index contributed by atoms with van der Waals surface area (Å²) in [5.74, 6) is 0.825. The summed E-state index contributed by atoms with van der Waals surface area (Å²) < 4.78 is 10.7. The van der Waals surface area contributed by atoms with E-state index >= 15 is 0 Å². The number of amides is 2. The summed E-state index contributed by atoms with van der Waals surface area (Å²) in [6, 6.07) is 7.78. The first-order valence-electron chi connectivity index (χ1n) is 8.91. The average molecular weight is 348 g/mol. The Morgan fingerprint density at radius 2 is 1.72 bits per heavy atom. The smallest absolute Gasteiger partial charge is 0.260 e. The Morgan fingerprint density at radius 3 is 2.40 bits per heavy atom. The van der Waals surface area contributed by atoms with Gasteiger partial charge in [0, 0.05) is 33.3 Å². The van der Waals surface area contributed by atoms with Crippen LogP contribution in [0.1, 0.15) is 25.3 Å². The number of ether oxygens (including phenoxy) is 2. The Labute approximate surface area is 149 Å². The van der Waals surface area contributed by atoms with E-state index < -0.39 is 0 Å². The van der Waals surface area contributed by atoms with Gasteiger partial charge in [0.1, 0.15) is 5.75 Å². The van der Waals surface area contributed by atoms with Gasteiger partial charge in [-0.2, -0.15) is 0 Å². The van der Waals surface area contributed by atoms with Crippen molar-refractivity contribution in [3.8, 4) is 5.75 Å². The number of carbonyl (C=O) groups is 2. The Hall–Kier alpha value is -2.08. The summed E-state index contributed by atoms with van der Waals surface area (Å²) in [5.41, 5.74) is 1.10. The lowest BCUT2D eigenvalue weighted by molar-refractivity contribution is -0.135. The molecule has 2 amide bonds. The molecule has 138 valence electrons. The predicted molar refractivity (Wildman–Crippen MR) is 95.6 cm³/mol. The summed E-state index contributed by atoms with van der Waals surface area (Å²) >= 11 is 0. The Bertz CT molecular complexity index is 576. The van der Waals surface area contributed by atoms with Crippen LogP contribution in [0.2, 0.25) is 0 Å². The lowest BCUT2D eigenvalue weighted by Gasteiger charge is -2.22. The largest absolute Gasteiger partial charge is 0.483 e. The van der Waals surface area contributed by atoms with Crippen molar-refractivity contribution in [3.05, 3.63) is 29.8 Å². The highest BCUT2D eigenvalue weighted by Gasteiger charge is 2.22. The van der Waals surface area contributed by atoms with Crippen LogP contribution in [-0.4, -0.2) is 68.1 Å². The number of benzene rings is 1. The zero-order chi connectivity index (χ0) is 18.1. The maximum Gasteiger partial charge on any atom is 0.260 e. The summed E-state index contributed by atoms with van der Waals surface area (Å²) in [7, 11) is 1.59. The highest BCUT2D eigenvalue weighted by molar-refractivity contribution is 5.78. The summed E-state index contributed by atoms with van der Waals surface area (Å²) in [5, 5.41) is 0. The van der Waals surface area contributed by atoms with Crippen molar-refractivity contribution in [1.82, 2.24) is 9.80 Å². The molecule has 1 heterocycles. The van der Waals surface area contributed by atoms with Crippen molar-refractivity contribution in [2.45, 2.75) is 26.2 Å². The van der Waals surface area contributed by atoms with Gasteiger partial charge < -0.3 is 19.3 Å². The average Bonchev–Trinajstić information content (AvgIpc) is 2.90. The van der Waals surface area contributed by atoms with Gasteiger partial charge in [0.05, 0.1) is 13.0 Å². The Kier molecular flexibility index (Phi) is 7.73. The molecule has 1 aromatic rings. The van der Waals surface area contributed by atoms with Crippen LogP contribution < -0.4 is 4.74 Å².